The summed E-state index contributed by atoms with van der Waals surface area (Å²) in [6.45, 7) is 8.31. The number of unbranched alkanes of at least 4 members (excludes halogenated alkanes) is 1. The molecule has 0 spiro atoms. The van der Waals surface area contributed by atoms with E-state index >= 15 is 0 Å². The van der Waals surface area contributed by atoms with Crippen molar-refractivity contribution in [2.24, 2.45) is 10.8 Å². The van der Waals surface area contributed by atoms with Crippen LogP contribution >= 0.6 is 11.6 Å². The fourth-order valence-electron chi connectivity index (χ4n) is 6.56. The molecule has 4 heteroatoms. The zero-order chi connectivity index (χ0) is 18.8. The molecule has 4 heterocycles. The zero-order valence-corrected chi connectivity index (χ0v) is 17.0. The number of hydrogen-bond acceptors (Lipinski definition) is 1. The minimum absolute atomic E-state index is 0.112. The predicted octanol–water partition coefficient (Wildman–Crippen LogP) is 2.05. The SMILES string of the molecule is CCCCC12C[NH+]3CC(C)(C[NH+](C1)C3c1c(Cl)ccc3ccccc13)C2=O. The van der Waals surface area contributed by atoms with Crippen molar-refractivity contribution in [3.05, 3.63) is 47.0 Å². The van der Waals surface area contributed by atoms with Gasteiger partial charge in [0.15, 0.2) is 5.78 Å². The second-order valence-corrected chi connectivity index (χ2v) is 9.82. The molecule has 0 amide bonds. The topological polar surface area (TPSA) is 26.0 Å². The van der Waals surface area contributed by atoms with Gasteiger partial charge in [-0.25, -0.2) is 0 Å². The lowest BCUT2D eigenvalue weighted by Gasteiger charge is -2.60. The Bertz CT molecular complexity index is 908. The van der Waals surface area contributed by atoms with Crippen LogP contribution in [0.5, 0.6) is 0 Å². The van der Waals surface area contributed by atoms with Crippen molar-refractivity contribution >= 4 is 28.2 Å². The third kappa shape index (κ3) is 2.45. The van der Waals surface area contributed by atoms with E-state index in [4.69, 9.17) is 11.6 Å². The van der Waals surface area contributed by atoms with Gasteiger partial charge in [-0.15, -0.1) is 0 Å². The van der Waals surface area contributed by atoms with Crippen LogP contribution in [0.25, 0.3) is 10.8 Å². The van der Waals surface area contributed by atoms with E-state index < -0.39 is 0 Å². The van der Waals surface area contributed by atoms with E-state index in [2.05, 4.69) is 50.2 Å². The van der Waals surface area contributed by atoms with Crippen molar-refractivity contribution in [3.63, 3.8) is 0 Å². The molecule has 2 aromatic rings. The quantitative estimate of drug-likeness (QED) is 0.829. The molecule has 6 rings (SSSR count). The number of carbonyl (C=O) groups is 1. The Kier molecular flexibility index (Phi) is 3.95. The summed E-state index contributed by atoms with van der Waals surface area (Å²) in [4.78, 5) is 16.5. The van der Waals surface area contributed by atoms with Crippen molar-refractivity contribution in [2.75, 3.05) is 26.2 Å². The van der Waals surface area contributed by atoms with E-state index in [9.17, 15) is 4.79 Å². The van der Waals surface area contributed by atoms with Gasteiger partial charge in [-0.05, 0) is 30.2 Å². The van der Waals surface area contributed by atoms with Crippen LogP contribution in [0.15, 0.2) is 36.4 Å². The standard InChI is InChI=1S/C23H27ClN2O/c1-3-4-11-23-14-25-12-22(2,21(23)27)13-26(15-23)20(25)19-17-8-6-5-7-16(17)9-10-18(19)24/h5-10,20H,3-4,11-15H2,1-2H3/p+2. The van der Waals surface area contributed by atoms with Gasteiger partial charge in [-0.1, -0.05) is 61.7 Å². The smallest absolute Gasteiger partial charge is 0.242 e. The molecule has 0 saturated carbocycles. The fraction of sp³-hybridized carbons (Fsp3) is 0.522. The minimum Gasteiger partial charge on any atom is -0.297 e. The highest BCUT2D eigenvalue weighted by Crippen LogP contribution is 2.41. The van der Waals surface area contributed by atoms with E-state index in [1.807, 2.05) is 0 Å². The van der Waals surface area contributed by atoms with Gasteiger partial charge < -0.3 is 0 Å². The first-order chi connectivity index (χ1) is 13.0. The molecule has 2 atom stereocenters. The molecule has 27 heavy (non-hydrogen) atoms. The van der Waals surface area contributed by atoms with Gasteiger partial charge in [-0.3, -0.25) is 14.6 Å². The summed E-state index contributed by atoms with van der Waals surface area (Å²) in [7, 11) is 0. The van der Waals surface area contributed by atoms with Crippen molar-refractivity contribution in [3.8, 4) is 0 Å². The van der Waals surface area contributed by atoms with Gasteiger partial charge in [0.05, 0.1) is 10.6 Å². The van der Waals surface area contributed by atoms with Crippen LogP contribution in [-0.4, -0.2) is 32.0 Å². The maximum absolute atomic E-state index is 13.4. The highest BCUT2D eigenvalue weighted by atomic mass is 35.5. The van der Waals surface area contributed by atoms with Crippen molar-refractivity contribution in [1.29, 1.82) is 0 Å². The monoisotopic (exact) mass is 384 g/mol. The lowest BCUT2D eigenvalue weighted by atomic mass is 9.59. The summed E-state index contributed by atoms with van der Waals surface area (Å²) >= 11 is 6.78. The Balaban J connectivity index is 1.61. The Hall–Kier alpha value is -1.42. The normalized spacial score (nSPS) is 37.3. The lowest BCUT2D eigenvalue weighted by Crippen LogP contribution is -3.41. The average Bonchev–Trinajstić information content (AvgIpc) is 2.65. The zero-order valence-electron chi connectivity index (χ0n) is 16.3. The van der Waals surface area contributed by atoms with Gasteiger partial charge >= 0.3 is 0 Å². The lowest BCUT2D eigenvalue weighted by molar-refractivity contribution is -1.18. The molecule has 0 aromatic heterocycles. The van der Waals surface area contributed by atoms with Crippen LogP contribution in [0.3, 0.4) is 0 Å². The first-order valence-electron chi connectivity index (χ1n) is 10.4. The molecule has 142 valence electrons. The summed E-state index contributed by atoms with van der Waals surface area (Å²) in [6.07, 6.45) is 3.72. The van der Waals surface area contributed by atoms with E-state index in [-0.39, 0.29) is 10.8 Å². The number of rotatable bonds is 4. The molecule has 2 N–H and O–H groups in total. The molecule has 3 nitrogen and oxygen atoms in total. The minimum atomic E-state index is -0.164. The number of hydrogen-bond donors (Lipinski definition) is 2. The second kappa shape index (κ2) is 6.04. The number of benzene rings is 2. The van der Waals surface area contributed by atoms with Crippen LogP contribution in [-0.2, 0) is 4.79 Å². The number of carbonyl (C=O) groups excluding carboxylic acids is 1. The van der Waals surface area contributed by atoms with Gasteiger partial charge in [0.2, 0.25) is 6.17 Å². The largest absolute Gasteiger partial charge is 0.297 e. The van der Waals surface area contributed by atoms with Crippen LogP contribution in [0.2, 0.25) is 5.02 Å². The first-order valence-corrected chi connectivity index (χ1v) is 10.8. The number of quaternary nitrogens is 2. The van der Waals surface area contributed by atoms with E-state index in [1.54, 1.807) is 9.80 Å². The van der Waals surface area contributed by atoms with Gasteiger partial charge in [0.1, 0.15) is 37.0 Å². The van der Waals surface area contributed by atoms with E-state index in [1.165, 1.54) is 16.3 Å². The summed E-state index contributed by atoms with van der Waals surface area (Å²) < 4.78 is 0. The highest BCUT2D eigenvalue weighted by molar-refractivity contribution is 6.32. The molecule has 4 aliphatic heterocycles. The number of ketones is 1. The van der Waals surface area contributed by atoms with Crippen molar-refractivity contribution in [1.82, 2.24) is 0 Å². The summed E-state index contributed by atoms with van der Waals surface area (Å²) in [6, 6.07) is 12.8. The van der Waals surface area contributed by atoms with Gasteiger partial charge in [0.25, 0.3) is 0 Å². The fourth-order valence-corrected chi connectivity index (χ4v) is 6.83. The van der Waals surface area contributed by atoms with Crippen LogP contribution in [0.4, 0.5) is 0 Å². The van der Waals surface area contributed by atoms with Crippen LogP contribution in [0, 0.1) is 10.8 Å². The Morgan fingerprint density at radius 3 is 2.48 bits per heavy atom. The molecular formula is C23H29ClN2O+2. The molecule has 2 aromatic carbocycles. The molecule has 4 saturated heterocycles. The maximum Gasteiger partial charge on any atom is 0.242 e. The molecule has 4 bridgehead atoms. The van der Waals surface area contributed by atoms with Crippen molar-refractivity contribution < 1.29 is 14.6 Å². The summed E-state index contributed by atoms with van der Waals surface area (Å²) in [5, 5.41) is 3.42. The number of Topliss-reactive ketones (excluding diaryl/α,β-unsaturated/α-hetero) is 1. The number of halogens is 1. The van der Waals surface area contributed by atoms with Crippen LogP contribution in [0.1, 0.15) is 44.8 Å². The molecule has 4 fully saturated rings. The summed E-state index contributed by atoms with van der Waals surface area (Å²) in [5.41, 5.74) is 1.02. The average molecular weight is 385 g/mol. The number of nitrogens with one attached hydrogen (secondary N) is 2. The Labute approximate surface area is 166 Å². The second-order valence-electron chi connectivity index (χ2n) is 9.41. The van der Waals surface area contributed by atoms with E-state index in [0.29, 0.717) is 11.9 Å². The van der Waals surface area contributed by atoms with E-state index in [0.717, 1.165) is 50.5 Å². The third-order valence-corrected chi connectivity index (χ3v) is 7.76. The molecule has 0 radical (unpaired) electrons. The number of piperidine rings is 2. The summed E-state index contributed by atoms with van der Waals surface area (Å²) in [5.74, 6) is 0.554. The first kappa shape index (κ1) is 17.7. The van der Waals surface area contributed by atoms with Gasteiger partial charge in [0, 0.05) is 0 Å². The van der Waals surface area contributed by atoms with Crippen molar-refractivity contribution in [2.45, 2.75) is 39.3 Å². The Morgan fingerprint density at radius 1 is 1.07 bits per heavy atom. The number of fused-ring (bicyclic) bond motifs is 1. The Morgan fingerprint density at radius 2 is 1.78 bits per heavy atom. The van der Waals surface area contributed by atoms with Gasteiger partial charge in [-0.2, -0.15) is 0 Å². The predicted molar refractivity (Wildman–Crippen MR) is 108 cm³/mol. The molecule has 2 unspecified atom stereocenters. The highest BCUT2D eigenvalue weighted by Gasteiger charge is 2.69. The maximum atomic E-state index is 13.4. The molecule has 4 aliphatic rings. The molecular weight excluding hydrogens is 356 g/mol. The molecule has 0 aliphatic carbocycles. The third-order valence-electron chi connectivity index (χ3n) is 7.43. The van der Waals surface area contributed by atoms with Crippen LogP contribution < -0.4 is 9.80 Å².